The Bertz CT molecular complexity index is 508. The van der Waals surface area contributed by atoms with E-state index in [1.165, 1.54) is 19.3 Å². The van der Waals surface area contributed by atoms with Gasteiger partial charge in [-0.05, 0) is 6.42 Å². The first kappa shape index (κ1) is 38.9. The Kier molecular flexibility index (Phi) is 34.8. The zero-order chi connectivity index (χ0) is 29.0. The lowest BCUT2D eigenvalue weighted by Crippen LogP contribution is -2.15. The molecule has 40 heavy (non-hydrogen) atoms. The van der Waals surface area contributed by atoms with Gasteiger partial charge in [0.2, 0.25) is 0 Å². The summed E-state index contributed by atoms with van der Waals surface area (Å²) in [6, 6.07) is 0. The van der Waals surface area contributed by atoms with Crippen molar-refractivity contribution >= 4 is 5.97 Å². The number of esters is 1. The topological polar surface area (TPSA) is 109 Å². The van der Waals surface area contributed by atoms with Crippen LogP contribution in [-0.4, -0.2) is 132 Å². The fraction of sp³-hybridized carbons (Fsp3) is 0.897. The van der Waals surface area contributed by atoms with Gasteiger partial charge in [-0.2, -0.15) is 0 Å². The molecule has 0 saturated heterocycles. The second-order valence-corrected chi connectivity index (χ2v) is 8.65. The van der Waals surface area contributed by atoms with Gasteiger partial charge in [0.25, 0.3) is 0 Å². The molecular formula is C29H56O11. The molecule has 0 fully saturated rings. The van der Waals surface area contributed by atoms with Gasteiger partial charge in [0.15, 0.2) is 0 Å². The first-order valence-electron chi connectivity index (χ1n) is 14.8. The number of hydrogen-bond donors (Lipinski definition) is 0. The number of carbonyl (C=O) groups is 1. The molecule has 0 rings (SSSR count). The largest absolute Gasteiger partial charge is 0.463 e. The summed E-state index contributed by atoms with van der Waals surface area (Å²) in [5, 5.41) is 0. The molecule has 0 aromatic carbocycles. The van der Waals surface area contributed by atoms with E-state index in [2.05, 4.69) is 13.5 Å². The number of carbonyl (C=O) groups excluding carboxylic acids is 1. The summed E-state index contributed by atoms with van der Waals surface area (Å²) in [6.07, 6.45) is 7.80. The van der Waals surface area contributed by atoms with E-state index in [0.29, 0.717) is 125 Å². The summed E-state index contributed by atoms with van der Waals surface area (Å²) in [7, 11) is 0. The Morgan fingerprint density at radius 1 is 0.475 bits per heavy atom. The maximum Gasteiger partial charge on any atom is 0.305 e. The summed E-state index contributed by atoms with van der Waals surface area (Å²) in [6.45, 7) is 15.2. The van der Waals surface area contributed by atoms with Crippen molar-refractivity contribution in [3.8, 4) is 0 Å². The predicted octanol–water partition coefficient (Wildman–Crippen LogP) is 3.23. The Morgan fingerprint density at radius 2 is 0.800 bits per heavy atom. The third-order valence-corrected chi connectivity index (χ3v) is 5.19. The summed E-state index contributed by atoms with van der Waals surface area (Å²) in [4.78, 5) is 11.6. The minimum atomic E-state index is -0.145. The lowest BCUT2D eigenvalue weighted by Gasteiger charge is -2.09. The van der Waals surface area contributed by atoms with Gasteiger partial charge in [-0.3, -0.25) is 4.79 Å². The van der Waals surface area contributed by atoms with Crippen molar-refractivity contribution in [2.45, 2.75) is 45.4 Å². The quantitative estimate of drug-likeness (QED) is 0.0626. The maximum atomic E-state index is 11.6. The number of hydrogen-bond acceptors (Lipinski definition) is 11. The van der Waals surface area contributed by atoms with E-state index in [0.717, 1.165) is 12.8 Å². The van der Waals surface area contributed by atoms with Gasteiger partial charge in [-0.15, -0.1) is 6.58 Å². The van der Waals surface area contributed by atoms with E-state index in [9.17, 15) is 4.79 Å². The Morgan fingerprint density at radius 3 is 1.15 bits per heavy atom. The molecule has 11 heteroatoms. The molecule has 238 valence electrons. The summed E-state index contributed by atoms with van der Waals surface area (Å²) >= 11 is 0. The summed E-state index contributed by atoms with van der Waals surface area (Å²) in [5.74, 6) is -0.145. The van der Waals surface area contributed by atoms with E-state index in [-0.39, 0.29) is 12.6 Å². The van der Waals surface area contributed by atoms with Gasteiger partial charge in [-0.25, -0.2) is 0 Å². The molecule has 0 bridgehead atoms. The van der Waals surface area contributed by atoms with Crippen LogP contribution in [0.25, 0.3) is 0 Å². The number of unbranched alkanes of at least 4 members (excludes halogenated alkanes) is 4. The van der Waals surface area contributed by atoms with E-state index in [1.807, 2.05) is 0 Å². The lowest BCUT2D eigenvalue weighted by atomic mass is 10.1. The Hall–Kier alpha value is -1.15. The van der Waals surface area contributed by atoms with E-state index < -0.39 is 0 Å². The van der Waals surface area contributed by atoms with Crippen LogP contribution in [0.5, 0.6) is 0 Å². The highest BCUT2D eigenvalue weighted by Gasteiger charge is 2.02. The minimum absolute atomic E-state index is 0.145. The highest BCUT2D eigenvalue weighted by atomic mass is 16.6. The second-order valence-electron chi connectivity index (χ2n) is 8.65. The minimum Gasteiger partial charge on any atom is -0.463 e. The molecule has 0 aromatic heterocycles. The molecule has 0 radical (unpaired) electrons. The molecule has 0 unspecified atom stereocenters. The molecule has 0 N–H and O–H groups in total. The average molecular weight is 581 g/mol. The molecule has 0 aliphatic carbocycles. The molecule has 0 aliphatic heterocycles. The van der Waals surface area contributed by atoms with Crippen molar-refractivity contribution in [2.75, 3.05) is 126 Å². The standard InChI is InChI=1S/C29H56O11/c1-3-5-6-7-8-9-29(30)40-28-27-39-26-25-38-24-23-37-22-21-36-20-19-35-18-17-34-16-15-33-14-13-32-12-11-31-10-4-2/h4H,2-3,5-28H2,1H3. The van der Waals surface area contributed by atoms with Crippen molar-refractivity contribution < 1.29 is 52.2 Å². The van der Waals surface area contributed by atoms with Crippen LogP contribution in [0.1, 0.15) is 45.4 Å². The number of rotatable bonds is 35. The maximum absolute atomic E-state index is 11.6. The fourth-order valence-electron chi connectivity index (χ4n) is 3.09. The van der Waals surface area contributed by atoms with Crippen molar-refractivity contribution in [1.29, 1.82) is 0 Å². The van der Waals surface area contributed by atoms with Gasteiger partial charge in [-0.1, -0.05) is 38.7 Å². The van der Waals surface area contributed by atoms with Crippen LogP contribution in [0.4, 0.5) is 0 Å². The Balaban J connectivity index is 3.08. The van der Waals surface area contributed by atoms with Crippen molar-refractivity contribution in [3.05, 3.63) is 12.7 Å². The first-order valence-corrected chi connectivity index (χ1v) is 14.8. The van der Waals surface area contributed by atoms with Gasteiger partial charge in [0.05, 0.1) is 119 Å². The van der Waals surface area contributed by atoms with Gasteiger partial charge in [0.1, 0.15) is 6.61 Å². The highest BCUT2D eigenvalue weighted by molar-refractivity contribution is 5.69. The second kappa shape index (κ2) is 35.9. The third-order valence-electron chi connectivity index (χ3n) is 5.19. The van der Waals surface area contributed by atoms with Crippen molar-refractivity contribution in [1.82, 2.24) is 0 Å². The molecule has 11 nitrogen and oxygen atoms in total. The van der Waals surface area contributed by atoms with Crippen LogP contribution in [0.2, 0.25) is 0 Å². The molecule has 0 heterocycles. The smallest absolute Gasteiger partial charge is 0.305 e. The summed E-state index contributed by atoms with van der Waals surface area (Å²) in [5.41, 5.74) is 0. The highest BCUT2D eigenvalue weighted by Crippen LogP contribution is 2.05. The number of ether oxygens (including phenoxy) is 10. The van der Waals surface area contributed by atoms with Crippen LogP contribution in [-0.2, 0) is 52.2 Å². The SMILES string of the molecule is C=CCOCCOCCOCCOCCOCCOCCOCCOCCOCCOC(=O)CCCCCCC. The Labute approximate surface area is 242 Å². The molecule has 0 aromatic rings. The predicted molar refractivity (Wildman–Crippen MR) is 152 cm³/mol. The molecule has 0 atom stereocenters. The lowest BCUT2D eigenvalue weighted by molar-refractivity contribution is -0.145. The molecule has 0 saturated carbocycles. The third kappa shape index (κ3) is 34.9. The van der Waals surface area contributed by atoms with Crippen LogP contribution < -0.4 is 0 Å². The van der Waals surface area contributed by atoms with Crippen LogP contribution in [0.15, 0.2) is 12.7 Å². The molecule has 0 aliphatic rings. The van der Waals surface area contributed by atoms with E-state index in [1.54, 1.807) is 6.08 Å². The monoisotopic (exact) mass is 580 g/mol. The summed E-state index contributed by atoms with van der Waals surface area (Å²) < 4.78 is 53.8. The van der Waals surface area contributed by atoms with Crippen LogP contribution in [0.3, 0.4) is 0 Å². The average Bonchev–Trinajstić information content (AvgIpc) is 2.96. The normalized spacial score (nSPS) is 11.2. The molecular weight excluding hydrogens is 524 g/mol. The molecule has 0 spiro atoms. The van der Waals surface area contributed by atoms with Crippen LogP contribution in [0, 0.1) is 0 Å². The van der Waals surface area contributed by atoms with E-state index in [4.69, 9.17) is 47.4 Å². The van der Waals surface area contributed by atoms with E-state index >= 15 is 0 Å². The van der Waals surface area contributed by atoms with Crippen molar-refractivity contribution in [2.24, 2.45) is 0 Å². The van der Waals surface area contributed by atoms with Crippen molar-refractivity contribution in [3.63, 3.8) is 0 Å². The van der Waals surface area contributed by atoms with Crippen LogP contribution >= 0.6 is 0 Å². The zero-order valence-electron chi connectivity index (χ0n) is 25.0. The van der Waals surface area contributed by atoms with Gasteiger partial charge >= 0.3 is 5.97 Å². The zero-order valence-corrected chi connectivity index (χ0v) is 25.0. The van der Waals surface area contributed by atoms with Gasteiger partial charge < -0.3 is 47.4 Å². The van der Waals surface area contributed by atoms with Gasteiger partial charge in [0, 0.05) is 6.42 Å². The first-order chi connectivity index (χ1) is 19.8. The fourth-order valence-corrected chi connectivity index (χ4v) is 3.09. The molecule has 0 amide bonds.